The average molecular weight is 578 g/mol. The molecule has 1 atom stereocenters. The van der Waals surface area contributed by atoms with E-state index in [4.69, 9.17) is 4.74 Å². The zero-order valence-electron chi connectivity index (χ0n) is 21.8. The van der Waals surface area contributed by atoms with Gasteiger partial charge in [-0.25, -0.2) is 4.39 Å². The van der Waals surface area contributed by atoms with E-state index >= 15 is 0 Å². The molecular formula is C31H26F7NO2. The number of aliphatic hydroxyl groups excluding tert-OH is 1. The summed E-state index contributed by atoms with van der Waals surface area (Å²) >= 11 is 0. The molecule has 0 spiro atoms. The van der Waals surface area contributed by atoms with Crippen LogP contribution >= 0.6 is 0 Å². The summed E-state index contributed by atoms with van der Waals surface area (Å²) < 4.78 is 101. The number of ether oxygens (including phenoxy) is 1. The van der Waals surface area contributed by atoms with Crippen molar-refractivity contribution in [3.05, 3.63) is 125 Å². The van der Waals surface area contributed by atoms with Crippen LogP contribution in [0.5, 0.6) is 11.5 Å². The summed E-state index contributed by atoms with van der Waals surface area (Å²) in [6.45, 7) is 0.924. The minimum Gasteiger partial charge on any atom is -0.457 e. The van der Waals surface area contributed by atoms with Gasteiger partial charge in [0.25, 0.3) is 0 Å². The van der Waals surface area contributed by atoms with E-state index in [1.807, 2.05) is 25.1 Å². The van der Waals surface area contributed by atoms with Gasteiger partial charge in [0, 0.05) is 23.9 Å². The summed E-state index contributed by atoms with van der Waals surface area (Å²) in [5, 5.41) is 10.4. The number of aliphatic hydroxyl groups is 1. The highest BCUT2D eigenvalue weighted by atomic mass is 19.4. The minimum atomic E-state index is -4.72. The monoisotopic (exact) mass is 577 g/mol. The summed E-state index contributed by atoms with van der Waals surface area (Å²) in [7, 11) is 0. The number of hydrogen-bond donors (Lipinski definition) is 1. The number of rotatable bonds is 9. The topological polar surface area (TPSA) is 32.7 Å². The minimum absolute atomic E-state index is 0.245. The van der Waals surface area contributed by atoms with Crippen molar-refractivity contribution in [2.45, 2.75) is 38.3 Å². The van der Waals surface area contributed by atoms with Gasteiger partial charge in [-0.15, -0.1) is 0 Å². The Morgan fingerprint density at radius 1 is 0.756 bits per heavy atom. The lowest BCUT2D eigenvalue weighted by Crippen LogP contribution is -2.31. The van der Waals surface area contributed by atoms with Gasteiger partial charge in [0.05, 0.1) is 23.8 Å². The van der Waals surface area contributed by atoms with Crippen molar-refractivity contribution in [2.24, 2.45) is 0 Å². The van der Waals surface area contributed by atoms with Gasteiger partial charge in [0.2, 0.25) is 0 Å². The second-order valence-electron chi connectivity index (χ2n) is 9.35. The van der Waals surface area contributed by atoms with Gasteiger partial charge in [0.15, 0.2) is 0 Å². The fourth-order valence-corrected chi connectivity index (χ4v) is 4.41. The summed E-state index contributed by atoms with van der Waals surface area (Å²) in [6, 6.07) is 18.8. The third kappa shape index (κ3) is 7.38. The van der Waals surface area contributed by atoms with Crippen LogP contribution in [0, 0.1) is 5.82 Å². The Kier molecular flexibility index (Phi) is 8.92. The Morgan fingerprint density at radius 3 is 1.98 bits per heavy atom. The molecule has 0 aromatic heterocycles. The van der Waals surface area contributed by atoms with Crippen molar-refractivity contribution in [1.82, 2.24) is 0 Å². The Bertz CT molecular complexity index is 1470. The van der Waals surface area contributed by atoms with Crippen LogP contribution < -0.4 is 9.64 Å². The number of anilines is 1. The Labute approximate surface area is 232 Å². The number of benzene rings is 4. The van der Waals surface area contributed by atoms with Gasteiger partial charge < -0.3 is 14.7 Å². The normalized spacial score (nSPS) is 12.7. The van der Waals surface area contributed by atoms with Crippen molar-refractivity contribution >= 4 is 5.69 Å². The maximum atomic E-state index is 14.8. The van der Waals surface area contributed by atoms with E-state index in [0.717, 1.165) is 24.1 Å². The quantitative estimate of drug-likeness (QED) is 0.202. The van der Waals surface area contributed by atoms with Gasteiger partial charge in [-0.2, -0.15) is 26.3 Å². The van der Waals surface area contributed by atoms with Gasteiger partial charge >= 0.3 is 12.4 Å². The molecular weight excluding hydrogens is 551 g/mol. The van der Waals surface area contributed by atoms with Crippen LogP contribution in [0.15, 0.2) is 91.0 Å². The van der Waals surface area contributed by atoms with Crippen LogP contribution in [0.4, 0.5) is 36.4 Å². The first-order valence-electron chi connectivity index (χ1n) is 12.7. The van der Waals surface area contributed by atoms with Crippen LogP contribution in [0.2, 0.25) is 0 Å². The second kappa shape index (κ2) is 12.2. The standard InChI is InChI=1S/C31H26F7NO2/c1-2-20-5-3-7-26(15-20)41-27-8-4-6-25(17-27)39(18-22-16-24(31(36,37)38)13-14-28(22)32)29(19-40)21-9-11-23(12-10-21)30(33,34)35/h3-17,29,40H,2,18-19H2,1H3. The molecule has 0 aliphatic carbocycles. The first-order valence-corrected chi connectivity index (χ1v) is 12.7. The van der Waals surface area contributed by atoms with E-state index in [2.05, 4.69) is 0 Å². The predicted molar refractivity (Wildman–Crippen MR) is 141 cm³/mol. The average Bonchev–Trinajstić information content (AvgIpc) is 2.93. The summed E-state index contributed by atoms with van der Waals surface area (Å²) in [5.74, 6) is -0.0105. The molecule has 0 bridgehead atoms. The smallest absolute Gasteiger partial charge is 0.416 e. The fourth-order valence-electron chi connectivity index (χ4n) is 4.41. The molecule has 10 heteroatoms. The van der Waals surface area contributed by atoms with E-state index in [1.165, 1.54) is 17.0 Å². The lowest BCUT2D eigenvalue weighted by Gasteiger charge is -2.34. The molecule has 0 aliphatic heterocycles. The van der Waals surface area contributed by atoms with Gasteiger partial charge in [-0.1, -0.05) is 37.3 Å². The van der Waals surface area contributed by atoms with Gasteiger partial charge in [-0.3, -0.25) is 0 Å². The zero-order chi connectivity index (χ0) is 29.8. The van der Waals surface area contributed by atoms with Crippen LogP contribution in [-0.2, 0) is 25.3 Å². The Balaban J connectivity index is 1.77. The number of alkyl halides is 6. The first-order chi connectivity index (χ1) is 19.4. The van der Waals surface area contributed by atoms with E-state index in [-0.39, 0.29) is 11.1 Å². The Hall–Kier alpha value is -4.05. The van der Waals surface area contributed by atoms with Crippen molar-refractivity contribution in [3.63, 3.8) is 0 Å². The molecule has 1 N–H and O–H groups in total. The third-order valence-corrected chi connectivity index (χ3v) is 6.58. The number of aryl methyl sites for hydroxylation is 1. The van der Waals surface area contributed by atoms with E-state index < -0.39 is 48.5 Å². The Morgan fingerprint density at radius 2 is 1.37 bits per heavy atom. The number of halogens is 7. The fraction of sp³-hybridized carbons (Fsp3) is 0.226. The lowest BCUT2D eigenvalue weighted by molar-refractivity contribution is -0.138. The lowest BCUT2D eigenvalue weighted by atomic mass is 10.0. The van der Waals surface area contributed by atoms with Crippen LogP contribution in [0.1, 0.15) is 40.8 Å². The summed E-state index contributed by atoms with van der Waals surface area (Å²) in [4.78, 5) is 1.43. The molecule has 0 heterocycles. The van der Waals surface area contributed by atoms with Crippen molar-refractivity contribution < 1.29 is 40.6 Å². The SMILES string of the molecule is CCc1cccc(Oc2cccc(N(Cc3cc(C(F)(F)F)ccc3F)C(CO)c3ccc(C(F)(F)F)cc3)c2)c1. The molecule has 0 saturated carbocycles. The molecule has 0 aliphatic rings. The predicted octanol–water partition coefficient (Wildman–Crippen LogP) is 8.96. The van der Waals surface area contributed by atoms with Crippen molar-refractivity contribution in [2.75, 3.05) is 11.5 Å². The largest absolute Gasteiger partial charge is 0.457 e. The molecule has 0 radical (unpaired) electrons. The highest BCUT2D eigenvalue weighted by Gasteiger charge is 2.33. The molecule has 3 nitrogen and oxygen atoms in total. The van der Waals surface area contributed by atoms with Crippen molar-refractivity contribution in [1.29, 1.82) is 0 Å². The molecule has 216 valence electrons. The maximum absolute atomic E-state index is 14.8. The number of hydrogen-bond acceptors (Lipinski definition) is 3. The highest BCUT2D eigenvalue weighted by molar-refractivity contribution is 5.54. The second-order valence-corrected chi connectivity index (χ2v) is 9.35. The first kappa shape index (κ1) is 29.9. The molecule has 0 amide bonds. The maximum Gasteiger partial charge on any atom is 0.416 e. The summed E-state index contributed by atoms with van der Waals surface area (Å²) in [6.07, 6.45) is -8.54. The van der Waals surface area contributed by atoms with Gasteiger partial charge in [-0.05, 0) is 72.1 Å². The molecule has 1 unspecified atom stereocenters. The summed E-state index contributed by atoms with van der Waals surface area (Å²) in [5.41, 5.74) is -0.662. The molecule has 0 saturated heterocycles. The van der Waals surface area contributed by atoms with E-state index in [1.54, 1.807) is 30.3 Å². The van der Waals surface area contributed by atoms with E-state index in [0.29, 0.717) is 35.4 Å². The molecule has 4 aromatic rings. The zero-order valence-corrected chi connectivity index (χ0v) is 21.8. The number of nitrogens with zero attached hydrogens (tertiary/aromatic N) is 1. The van der Waals surface area contributed by atoms with E-state index in [9.17, 15) is 35.8 Å². The molecule has 4 rings (SSSR count). The third-order valence-electron chi connectivity index (χ3n) is 6.58. The molecule has 0 fully saturated rings. The molecule has 41 heavy (non-hydrogen) atoms. The van der Waals surface area contributed by atoms with Crippen LogP contribution in [0.3, 0.4) is 0 Å². The highest BCUT2D eigenvalue weighted by Crippen LogP contribution is 2.36. The van der Waals surface area contributed by atoms with Gasteiger partial charge in [0.1, 0.15) is 17.3 Å². The van der Waals surface area contributed by atoms with Crippen LogP contribution in [-0.4, -0.2) is 11.7 Å². The van der Waals surface area contributed by atoms with Crippen LogP contribution in [0.25, 0.3) is 0 Å². The van der Waals surface area contributed by atoms with Crippen molar-refractivity contribution in [3.8, 4) is 11.5 Å². The molecule has 4 aromatic carbocycles.